The molecule has 2 radical (unpaired) electrons. The minimum absolute atomic E-state index is 0. The Labute approximate surface area is 250 Å². The van der Waals surface area contributed by atoms with Crippen molar-refractivity contribution in [2.45, 2.75) is 110 Å². The zero-order chi connectivity index (χ0) is 21.7. The molecule has 172 valence electrons. The first-order valence-electron chi connectivity index (χ1n) is 12.6. The zero-order valence-corrected chi connectivity index (χ0v) is 26.8. The van der Waals surface area contributed by atoms with Crippen LogP contribution in [0.15, 0.2) is 48.5 Å². The van der Waals surface area contributed by atoms with Gasteiger partial charge in [0.1, 0.15) is 0 Å². The van der Waals surface area contributed by atoms with E-state index in [2.05, 4.69) is 69.3 Å². The van der Waals surface area contributed by atoms with Crippen molar-refractivity contribution >= 4 is 0 Å². The van der Waals surface area contributed by atoms with Crippen molar-refractivity contribution in [2.75, 3.05) is 0 Å². The van der Waals surface area contributed by atoms with Crippen LogP contribution >= 0.6 is 0 Å². The van der Waals surface area contributed by atoms with Gasteiger partial charge in [-0.15, -0.1) is 5.41 Å². The van der Waals surface area contributed by atoms with Crippen LogP contribution in [0.5, 0.6) is 0 Å². The second kappa shape index (κ2) is 18.9. The normalized spacial score (nSPS) is 11.0. The van der Waals surface area contributed by atoms with E-state index < -0.39 is 0 Å². The van der Waals surface area contributed by atoms with Crippen LogP contribution in [0.3, 0.4) is 0 Å². The topological polar surface area (TPSA) is 0 Å². The summed E-state index contributed by atoms with van der Waals surface area (Å²) in [6.07, 6.45) is 17.8. The van der Waals surface area contributed by atoms with Crippen LogP contribution in [0.2, 0.25) is 0 Å². The number of benzene rings is 2. The summed E-state index contributed by atoms with van der Waals surface area (Å²) in [6.45, 7) is 11.4. The summed E-state index contributed by atoms with van der Waals surface area (Å²) < 4.78 is 0. The summed E-state index contributed by atoms with van der Waals surface area (Å²) in [5, 5.41) is 0. The van der Waals surface area contributed by atoms with E-state index in [1.54, 1.807) is 0 Å². The Kier molecular flexibility index (Phi) is 19.3. The quantitative estimate of drug-likeness (QED) is 0.145. The van der Waals surface area contributed by atoms with E-state index >= 15 is 0 Å². The fourth-order valence-corrected chi connectivity index (χ4v) is 4.47. The molecule has 0 aromatic heterocycles. The van der Waals surface area contributed by atoms with Gasteiger partial charge in [0.05, 0.1) is 0 Å². The summed E-state index contributed by atoms with van der Waals surface area (Å²) in [4.78, 5) is 0. The molecule has 0 fully saturated rings. The summed E-state index contributed by atoms with van der Waals surface area (Å²) in [5.74, 6) is 0. The molecule has 0 spiro atoms. The molecule has 2 rings (SSSR count). The van der Waals surface area contributed by atoms with Gasteiger partial charge in [-0.3, -0.25) is 0 Å². The summed E-state index contributed by atoms with van der Waals surface area (Å²) in [5.41, 5.74) is 5.19. The van der Waals surface area contributed by atoms with Crippen LogP contribution < -0.4 is 0 Å². The van der Waals surface area contributed by atoms with Gasteiger partial charge in [0, 0.05) is 65.4 Å². The van der Waals surface area contributed by atoms with E-state index in [-0.39, 0.29) is 70.8 Å². The van der Waals surface area contributed by atoms with Gasteiger partial charge in [-0.25, -0.2) is 0 Å². The largest absolute Gasteiger partial charge is 0.329 e. The first-order valence-corrected chi connectivity index (χ1v) is 12.6. The van der Waals surface area contributed by atoms with Crippen LogP contribution in [-0.2, 0) is 70.8 Å². The van der Waals surface area contributed by atoms with Gasteiger partial charge >= 0.3 is 0 Å². The molecule has 2 aromatic rings. The van der Waals surface area contributed by atoms with E-state index in [4.69, 9.17) is 6.92 Å². The first-order chi connectivity index (χ1) is 14.6. The van der Waals surface area contributed by atoms with E-state index in [0.29, 0.717) is 0 Å². The van der Waals surface area contributed by atoms with Crippen LogP contribution in [0.1, 0.15) is 113 Å². The van der Waals surface area contributed by atoms with Gasteiger partial charge in [-0.05, 0) is 13.8 Å². The third kappa shape index (κ3) is 11.9. The minimum atomic E-state index is -0.139. The monoisotopic (exact) mass is 583 g/mol. The van der Waals surface area contributed by atoms with Crippen molar-refractivity contribution in [2.24, 2.45) is 0 Å². The van der Waals surface area contributed by atoms with E-state index in [1.165, 1.54) is 99.3 Å². The van der Waals surface area contributed by atoms with E-state index in [0.717, 1.165) is 6.42 Å². The molecule has 0 nitrogen and oxygen atoms in total. The maximum absolute atomic E-state index is 4.76. The van der Waals surface area contributed by atoms with Gasteiger partial charge in [0.15, 0.2) is 0 Å². The second-order valence-corrected chi connectivity index (χ2v) is 9.45. The van der Waals surface area contributed by atoms with Crippen LogP contribution in [0.4, 0.5) is 0 Å². The molecule has 0 aliphatic carbocycles. The Bertz CT molecular complexity index is 642. The summed E-state index contributed by atoms with van der Waals surface area (Å²) in [6, 6.07) is 18.0. The molecular formula is C30H45Y2-. The molecule has 0 atom stereocenters. The predicted octanol–water partition coefficient (Wildman–Crippen LogP) is 9.51. The fraction of sp³-hybridized carbons (Fsp3) is 0.567. The predicted molar refractivity (Wildman–Crippen MR) is 134 cm³/mol. The Morgan fingerprint density at radius 1 is 0.531 bits per heavy atom. The Morgan fingerprint density at radius 2 is 0.844 bits per heavy atom. The molecule has 32 heavy (non-hydrogen) atoms. The van der Waals surface area contributed by atoms with Gasteiger partial charge in [0.25, 0.3) is 0 Å². The van der Waals surface area contributed by atoms with Crippen LogP contribution in [0, 0.1) is 20.8 Å². The molecule has 0 heterocycles. The minimum Gasteiger partial charge on any atom is -0.329 e. The van der Waals surface area contributed by atoms with Gasteiger partial charge in [0.2, 0.25) is 0 Å². The van der Waals surface area contributed by atoms with Crippen LogP contribution in [-0.4, -0.2) is 0 Å². The van der Waals surface area contributed by atoms with Crippen molar-refractivity contribution in [3.8, 4) is 0 Å². The summed E-state index contributed by atoms with van der Waals surface area (Å²) in [7, 11) is 0. The molecule has 0 amide bonds. The fourth-order valence-electron chi connectivity index (χ4n) is 4.47. The van der Waals surface area contributed by atoms with Gasteiger partial charge in [-0.2, -0.15) is 0 Å². The number of hydrogen-bond donors (Lipinski definition) is 0. The molecule has 0 unspecified atom stereocenters. The third-order valence-corrected chi connectivity index (χ3v) is 6.67. The Balaban J connectivity index is 0.00000480. The van der Waals surface area contributed by atoms with Crippen molar-refractivity contribution in [1.82, 2.24) is 0 Å². The molecule has 0 aliphatic heterocycles. The molecule has 0 aliphatic rings. The SMILES string of the molecule is [CH2-]C(CCCCCCCCCCCCCC)(c1ccc(C)cc1)c1ccc(C)cc1.[Y].[Y]. The Hall–Kier alpha value is 0.648. The van der Waals surface area contributed by atoms with Crippen molar-refractivity contribution in [3.05, 3.63) is 77.7 Å². The molecule has 0 N–H and O–H groups in total. The molecule has 2 heteroatoms. The van der Waals surface area contributed by atoms with Crippen molar-refractivity contribution < 1.29 is 65.4 Å². The van der Waals surface area contributed by atoms with Gasteiger partial charge < -0.3 is 6.92 Å². The average Bonchev–Trinajstić information content (AvgIpc) is 2.75. The number of rotatable bonds is 15. The molecule has 0 saturated carbocycles. The molecule has 0 saturated heterocycles. The van der Waals surface area contributed by atoms with Crippen molar-refractivity contribution in [3.63, 3.8) is 0 Å². The standard InChI is InChI=1S/C30H45.2Y/c1-5-6-7-8-9-10-11-12-13-14-15-16-25-30(4,28-21-17-26(2)18-22-28)29-23-19-27(3)20-24-29;;/h17-24H,4-16,25H2,1-3H3;;/q-1;;. The number of unbranched alkanes of at least 4 members (excludes halogenated alkanes) is 11. The third-order valence-electron chi connectivity index (χ3n) is 6.67. The van der Waals surface area contributed by atoms with Crippen LogP contribution in [0.25, 0.3) is 0 Å². The average molecular weight is 584 g/mol. The van der Waals surface area contributed by atoms with E-state index in [9.17, 15) is 0 Å². The van der Waals surface area contributed by atoms with Crippen molar-refractivity contribution in [1.29, 1.82) is 0 Å². The number of aryl methyl sites for hydroxylation is 2. The molecule has 0 bridgehead atoms. The Morgan fingerprint density at radius 3 is 1.19 bits per heavy atom. The summed E-state index contributed by atoms with van der Waals surface area (Å²) >= 11 is 0. The maximum Gasteiger partial charge on any atom is 0 e. The van der Waals surface area contributed by atoms with E-state index in [1.807, 2.05) is 0 Å². The molecule has 2 aromatic carbocycles. The smallest absolute Gasteiger partial charge is 0 e. The van der Waals surface area contributed by atoms with Gasteiger partial charge in [-0.1, -0.05) is 161 Å². The first kappa shape index (κ1) is 32.6. The maximum atomic E-state index is 4.76. The molecular weight excluding hydrogens is 538 g/mol. The number of hydrogen-bond acceptors (Lipinski definition) is 0. The zero-order valence-electron chi connectivity index (χ0n) is 21.2. The second-order valence-electron chi connectivity index (χ2n) is 9.45.